The summed E-state index contributed by atoms with van der Waals surface area (Å²) in [5.74, 6) is -0.715. The summed E-state index contributed by atoms with van der Waals surface area (Å²) in [6.07, 6.45) is 0.850. The van der Waals surface area contributed by atoms with Gasteiger partial charge in [0.1, 0.15) is 24.0 Å². The number of carbonyl (C=O) groups excluding carboxylic acids is 2. The normalized spacial score (nSPS) is 24.5. The van der Waals surface area contributed by atoms with Gasteiger partial charge in [0, 0.05) is 17.8 Å². The Hall–Kier alpha value is -3.35. The van der Waals surface area contributed by atoms with Crippen LogP contribution in [0.15, 0.2) is 54.6 Å². The van der Waals surface area contributed by atoms with Gasteiger partial charge in [-0.3, -0.25) is 9.59 Å². The van der Waals surface area contributed by atoms with E-state index in [0.29, 0.717) is 23.6 Å². The van der Waals surface area contributed by atoms with E-state index in [2.05, 4.69) is 5.32 Å². The van der Waals surface area contributed by atoms with Crippen molar-refractivity contribution in [3.8, 4) is 11.5 Å². The van der Waals surface area contributed by atoms with Crippen LogP contribution in [-0.2, 0) is 14.4 Å². The van der Waals surface area contributed by atoms with E-state index in [-0.39, 0.29) is 17.9 Å². The molecule has 0 aromatic heterocycles. The summed E-state index contributed by atoms with van der Waals surface area (Å²) in [5.41, 5.74) is 0.377. The first kappa shape index (κ1) is 19.0. The summed E-state index contributed by atoms with van der Waals surface area (Å²) in [4.78, 5) is 37.9. The molecule has 2 amide bonds. The van der Waals surface area contributed by atoms with Crippen LogP contribution in [0.25, 0.3) is 0 Å². The number of carbonyl (C=O) groups is 3. The summed E-state index contributed by atoms with van der Waals surface area (Å²) in [5, 5.41) is 12.1. The maximum absolute atomic E-state index is 12.6. The highest BCUT2D eigenvalue weighted by atomic mass is 16.5. The van der Waals surface area contributed by atoms with Gasteiger partial charge in [-0.05, 0) is 42.5 Å². The van der Waals surface area contributed by atoms with E-state index in [4.69, 9.17) is 4.74 Å². The fourth-order valence-corrected chi connectivity index (χ4v) is 4.04. The first-order valence-electron chi connectivity index (χ1n) is 9.52. The van der Waals surface area contributed by atoms with Crippen molar-refractivity contribution < 1.29 is 24.2 Å². The van der Waals surface area contributed by atoms with Crippen LogP contribution in [0.3, 0.4) is 0 Å². The molecule has 150 valence electrons. The Balaban J connectivity index is 1.38. The highest BCUT2D eigenvalue weighted by molar-refractivity contribution is 6.04. The van der Waals surface area contributed by atoms with Gasteiger partial charge < -0.3 is 20.1 Å². The molecule has 29 heavy (non-hydrogen) atoms. The second kappa shape index (κ2) is 7.24. The van der Waals surface area contributed by atoms with Crippen molar-refractivity contribution in [1.29, 1.82) is 0 Å². The Bertz CT molecular complexity index is 961. The third-order valence-corrected chi connectivity index (χ3v) is 5.62. The molecule has 4 rings (SSSR count). The van der Waals surface area contributed by atoms with Crippen molar-refractivity contribution in [2.24, 2.45) is 5.41 Å². The van der Waals surface area contributed by atoms with Crippen LogP contribution in [0.4, 0.5) is 5.69 Å². The molecule has 2 fully saturated rings. The number of anilines is 1. The molecule has 0 radical (unpaired) electrons. The Kier molecular flexibility index (Phi) is 4.74. The van der Waals surface area contributed by atoms with E-state index < -0.39 is 23.8 Å². The number of piperidine rings is 1. The zero-order valence-electron chi connectivity index (χ0n) is 16.0. The number of nitrogens with one attached hydrogen (secondary N) is 1. The predicted molar refractivity (Wildman–Crippen MR) is 106 cm³/mol. The summed E-state index contributed by atoms with van der Waals surface area (Å²) in [6, 6.07) is 15.2. The standard InChI is InChI=1S/C22H22N2O5/c1-22-12-17(21(27)28)24(18(22)13-22)20(26)11-19(25)23-14-6-5-9-16(10-14)29-15-7-3-2-4-8-15/h2-10,17-18H,11-13H2,1H3,(H,23,25)(H,27,28)/t17-,18-,22+/m0/s1. The highest BCUT2D eigenvalue weighted by Gasteiger charge is 2.64. The zero-order chi connectivity index (χ0) is 20.6. The Morgan fingerprint density at radius 1 is 1.10 bits per heavy atom. The summed E-state index contributed by atoms with van der Waals surface area (Å²) in [7, 11) is 0. The monoisotopic (exact) mass is 394 g/mol. The Labute approximate surface area is 168 Å². The quantitative estimate of drug-likeness (QED) is 0.733. The number of hydrogen-bond acceptors (Lipinski definition) is 4. The molecule has 3 atom stereocenters. The van der Waals surface area contributed by atoms with E-state index in [1.54, 1.807) is 24.3 Å². The molecule has 2 aliphatic rings. The average Bonchev–Trinajstić information content (AvgIpc) is 3.23. The minimum absolute atomic E-state index is 0.0773. The van der Waals surface area contributed by atoms with E-state index in [0.717, 1.165) is 6.42 Å². The van der Waals surface area contributed by atoms with Crippen molar-refractivity contribution in [3.63, 3.8) is 0 Å². The van der Waals surface area contributed by atoms with Crippen LogP contribution in [0.2, 0.25) is 0 Å². The van der Waals surface area contributed by atoms with E-state index in [1.807, 2.05) is 37.3 Å². The van der Waals surface area contributed by atoms with Crippen molar-refractivity contribution in [3.05, 3.63) is 54.6 Å². The number of carboxylic acids is 1. The number of likely N-dealkylation sites (tertiary alicyclic amines) is 1. The molecular weight excluding hydrogens is 372 g/mol. The maximum atomic E-state index is 12.6. The second-order valence-corrected chi connectivity index (χ2v) is 7.90. The van der Waals surface area contributed by atoms with Crippen molar-refractivity contribution in [2.75, 3.05) is 5.32 Å². The molecule has 1 heterocycles. The zero-order valence-corrected chi connectivity index (χ0v) is 16.0. The second-order valence-electron chi connectivity index (χ2n) is 7.90. The molecule has 1 saturated heterocycles. The number of para-hydroxylation sites is 1. The number of amides is 2. The fourth-order valence-electron chi connectivity index (χ4n) is 4.04. The molecule has 1 aliphatic carbocycles. The third-order valence-electron chi connectivity index (χ3n) is 5.62. The van der Waals surface area contributed by atoms with Gasteiger partial charge in [0.2, 0.25) is 11.8 Å². The van der Waals surface area contributed by atoms with Gasteiger partial charge >= 0.3 is 5.97 Å². The topological polar surface area (TPSA) is 95.9 Å². The molecule has 0 unspecified atom stereocenters. The SMILES string of the molecule is C[C@@]12C[C@@H]1N(C(=O)CC(=O)Nc1cccc(Oc3ccccc3)c1)[C@H](C(=O)O)C2. The maximum Gasteiger partial charge on any atom is 0.326 e. The highest BCUT2D eigenvalue weighted by Crippen LogP contribution is 2.59. The molecule has 1 aliphatic heterocycles. The van der Waals surface area contributed by atoms with Crippen LogP contribution in [-0.4, -0.2) is 39.9 Å². The van der Waals surface area contributed by atoms with Crippen LogP contribution in [0.5, 0.6) is 11.5 Å². The lowest BCUT2D eigenvalue weighted by Gasteiger charge is -2.24. The van der Waals surface area contributed by atoms with Gasteiger partial charge in [0.05, 0.1) is 0 Å². The fraction of sp³-hybridized carbons (Fsp3) is 0.318. The number of rotatable bonds is 6. The van der Waals surface area contributed by atoms with Crippen LogP contribution < -0.4 is 10.1 Å². The van der Waals surface area contributed by atoms with Gasteiger partial charge in [-0.15, -0.1) is 0 Å². The Morgan fingerprint density at radius 2 is 1.83 bits per heavy atom. The number of hydrogen-bond donors (Lipinski definition) is 2. The number of fused-ring (bicyclic) bond motifs is 1. The Morgan fingerprint density at radius 3 is 2.55 bits per heavy atom. The summed E-state index contributed by atoms with van der Waals surface area (Å²) < 4.78 is 5.74. The van der Waals surface area contributed by atoms with Crippen molar-refractivity contribution in [1.82, 2.24) is 4.90 Å². The first-order chi connectivity index (χ1) is 13.9. The summed E-state index contributed by atoms with van der Waals surface area (Å²) in [6.45, 7) is 1.99. The average molecular weight is 394 g/mol. The number of benzene rings is 2. The molecule has 7 nitrogen and oxygen atoms in total. The molecule has 0 spiro atoms. The van der Waals surface area contributed by atoms with Gasteiger partial charge in [-0.25, -0.2) is 4.79 Å². The molecule has 2 N–H and O–H groups in total. The third kappa shape index (κ3) is 3.94. The summed E-state index contributed by atoms with van der Waals surface area (Å²) >= 11 is 0. The lowest BCUT2D eigenvalue weighted by molar-refractivity contribution is -0.150. The molecular formula is C22H22N2O5. The van der Waals surface area contributed by atoms with Crippen molar-refractivity contribution in [2.45, 2.75) is 38.3 Å². The molecule has 7 heteroatoms. The smallest absolute Gasteiger partial charge is 0.326 e. The molecule has 0 bridgehead atoms. The first-order valence-corrected chi connectivity index (χ1v) is 9.52. The van der Waals surface area contributed by atoms with Gasteiger partial charge in [0.15, 0.2) is 0 Å². The van der Waals surface area contributed by atoms with E-state index in [1.165, 1.54) is 4.90 Å². The van der Waals surface area contributed by atoms with Gasteiger partial charge in [0.25, 0.3) is 0 Å². The van der Waals surface area contributed by atoms with E-state index in [9.17, 15) is 19.5 Å². The molecule has 2 aromatic rings. The largest absolute Gasteiger partial charge is 0.480 e. The van der Waals surface area contributed by atoms with Crippen LogP contribution in [0, 0.1) is 5.41 Å². The lowest BCUT2D eigenvalue weighted by Crippen LogP contribution is -2.44. The van der Waals surface area contributed by atoms with Crippen LogP contribution in [0.1, 0.15) is 26.2 Å². The van der Waals surface area contributed by atoms with E-state index >= 15 is 0 Å². The van der Waals surface area contributed by atoms with Crippen molar-refractivity contribution >= 4 is 23.5 Å². The minimum atomic E-state index is -1.02. The number of aliphatic carboxylic acids is 1. The minimum Gasteiger partial charge on any atom is -0.480 e. The van der Waals surface area contributed by atoms with Crippen LogP contribution >= 0.6 is 0 Å². The molecule has 2 aromatic carbocycles. The lowest BCUT2D eigenvalue weighted by atomic mass is 10.0. The number of nitrogens with zero attached hydrogens (tertiary/aromatic N) is 1. The molecule has 1 saturated carbocycles. The number of carboxylic acid groups (broad SMARTS) is 1. The van der Waals surface area contributed by atoms with Gasteiger partial charge in [-0.1, -0.05) is 31.2 Å². The van der Waals surface area contributed by atoms with Gasteiger partial charge in [-0.2, -0.15) is 0 Å². The predicted octanol–water partition coefficient (Wildman–Crippen LogP) is 3.27. The number of ether oxygens (including phenoxy) is 1.